The lowest BCUT2D eigenvalue weighted by Crippen LogP contribution is -2.08. The van der Waals surface area contributed by atoms with Gasteiger partial charge in [-0.3, -0.25) is 9.59 Å². The Kier molecular flexibility index (Phi) is 3.45. The zero-order chi connectivity index (χ0) is 10.4. The number of nitrogens with two attached hydrogens (primary N) is 1. The van der Waals surface area contributed by atoms with E-state index in [1.165, 1.54) is 0 Å². The molecule has 1 aromatic rings. The van der Waals surface area contributed by atoms with Gasteiger partial charge < -0.3 is 5.73 Å². The van der Waals surface area contributed by atoms with Crippen LogP contribution in [0.5, 0.6) is 0 Å². The van der Waals surface area contributed by atoms with Crippen LogP contribution >= 0.6 is 0 Å². The van der Waals surface area contributed by atoms with Crippen molar-refractivity contribution in [3.05, 3.63) is 35.4 Å². The van der Waals surface area contributed by atoms with Crippen LogP contribution in [0, 0.1) is 11.8 Å². The SMILES string of the molecule is NC(=O)CC#Cc1ccccc1C=O. The van der Waals surface area contributed by atoms with Crippen LogP contribution in [0.1, 0.15) is 22.3 Å². The molecule has 1 amide bonds. The first kappa shape index (κ1) is 10.0. The zero-order valence-electron chi connectivity index (χ0n) is 7.49. The summed E-state index contributed by atoms with van der Waals surface area (Å²) >= 11 is 0. The van der Waals surface area contributed by atoms with E-state index < -0.39 is 5.91 Å². The van der Waals surface area contributed by atoms with E-state index in [1.807, 2.05) is 0 Å². The molecule has 0 unspecified atom stereocenters. The number of aldehydes is 1. The summed E-state index contributed by atoms with van der Waals surface area (Å²) in [4.78, 5) is 21.0. The molecule has 0 aliphatic heterocycles. The third-order valence-electron chi connectivity index (χ3n) is 1.57. The van der Waals surface area contributed by atoms with Gasteiger partial charge in [0.2, 0.25) is 5.91 Å². The largest absolute Gasteiger partial charge is 0.369 e. The van der Waals surface area contributed by atoms with Crippen LogP contribution < -0.4 is 5.73 Å². The number of rotatable bonds is 2. The van der Waals surface area contributed by atoms with Gasteiger partial charge in [0.1, 0.15) is 0 Å². The van der Waals surface area contributed by atoms with Crippen LogP contribution in [-0.2, 0) is 4.79 Å². The predicted octanol–water partition coefficient (Wildman–Crippen LogP) is 0.726. The molecule has 1 rings (SSSR count). The Balaban J connectivity index is 2.88. The quantitative estimate of drug-likeness (QED) is 0.548. The van der Waals surface area contributed by atoms with E-state index in [0.717, 1.165) is 6.29 Å². The van der Waals surface area contributed by atoms with Crippen LogP contribution in [0.3, 0.4) is 0 Å². The fraction of sp³-hybridized carbons (Fsp3) is 0.0909. The Hall–Kier alpha value is -2.08. The van der Waals surface area contributed by atoms with E-state index >= 15 is 0 Å². The molecule has 0 spiro atoms. The summed E-state index contributed by atoms with van der Waals surface area (Å²) < 4.78 is 0. The number of carbonyl (C=O) groups is 2. The molecule has 3 heteroatoms. The Labute approximate surface area is 81.9 Å². The van der Waals surface area contributed by atoms with Gasteiger partial charge in [0.25, 0.3) is 0 Å². The lowest BCUT2D eigenvalue weighted by atomic mass is 10.1. The maximum absolute atomic E-state index is 10.6. The van der Waals surface area contributed by atoms with Gasteiger partial charge in [0, 0.05) is 11.1 Å². The summed E-state index contributed by atoms with van der Waals surface area (Å²) in [5.41, 5.74) is 6.05. The van der Waals surface area contributed by atoms with Crippen molar-refractivity contribution in [2.75, 3.05) is 0 Å². The van der Waals surface area contributed by atoms with Gasteiger partial charge in [-0.2, -0.15) is 0 Å². The van der Waals surface area contributed by atoms with E-state index in [-0.39, 0.29) is 6.42 Å². The van der Waals surface area contributed by atoms with Crippen molar-refractivity contribution >= 4 is 12.2 Å². The molecule has 0 saturated heterocycles. The first-order valence-corrected chi connectivity index (χ1v) is 4.05. The third kappa shape index (κ3) is 2.76. The monoisotopic (exact) mass is 187 g/mol. The average Bonchev–Trinajstić information content (AvgIpc) is 2.18. The number of hydrogen-bond donors (Lipinski definition) is 1. The number of primary amides is 1. The van der Waals surface area contributed by atoms with E-state index in [4.69, 9.17) is 5.73 Å². The highest BCUT2D eigenvalue weighted by Crippen LogP contribution is 2.03. The minimum Gasteiger partial charge on any atom is -0.369 e. The predicted molar refractivity (Wildman–Crippen MR) is 52.5 cm³/mol. The van der Waals surface area contributed by atoms with Crippen molar-refractivity contribution in [1.29, 1.82) is 0 Å². The minimum absolute atomic E-state index is 0.00713. The summed E-state index contributed by atoms with van der Waals surface area (Å²) in [6.07, 6.45) is 0.738. The third-order valence-corrected chi connectivity index (χ3v) is 1.57. The zero-order valence-corrected chi connectivity index (χ0v) is 7.49. The van der Waals surface area contributed by atoms with Crippen LogP contribution in [0.4, 0.5) is 0 Å². The highest BCUT2D eigenvalue weighted by molar-refractivity contribution is 5.80. The smallest absolute Gasteiger partial charge is 0.229 e. The molecule has 14 heavy (non-hydrogen) atoms. The van der Waals surface area contributed by atoms with Crippen molar-refractivity contribution in [2.24, 2.45) is 5.73 Å². The Bertz CT molecular complexity index is 413. The van der Waals surface area contributed by atoms with Crippen molar-refractivity contribution < 1.29 is 9.59 Å². The summed E-state index contributed by atoms with van der Waals surface area (Å²) in [7, 11) is 0. The van der Waals surface area contributed by atoms with Crippen LogP contribution in [-0.4, -0.2) is 12.2 Å². The van der Waals surface area contributed by atoms with Gasteiger partial charge in [-0.25, -0.2) is 0 Å². The maximum Gasteiger partial charge on any atom is 0.229 e. The van der Waals surface area contributed by atoms with Gasteiger partial charge in [0.15, 0.2) is 6.29 Å². The molecule has 0 atom stereocenters. The van der Waals surface area contributed by atoms with Crippen molar-refractivity contribution in [3.63, 3.8) is 0 Å². The number of hydrogen-bond acceptors (Lipinski definition) is 2. The first-order valence-electron chi connectivity index (χ1n) is 4.05. The van der Waals surface area contributed by atoms with Crippen molar-refractivity contribution in [3.8, 4) is 11.8 Å². The second kappa shape index (κ2) is 4.83. The Morgan fingerprint density at radius 2 is 2.14 bits per heavy atom. The van der Waals surface area contributed by atoms with E-state index in [2.05, 4.69) is 11.8 Å². The molecule has 0 radical (unpaired) electrons. The second-order valence-corrected chi connectivity index (χ2v) is 2.65. The molecular weight excluding hydrogens is 178 g/mol. The average molecular weight is 187 g/mol. The molecule has 0 aromatic heterocycles. The normalized spacial score (nSPS) is 8.57. The maximum atomic E-state index is 10.6. The number of amides is 1. The van der Waals surface area contributed by atoms with E-state index in [0.29, 0.717) is 11.1 Å². The second-order valence-electron chi connectivity index (χ2n) is 2.65. The molecular formula is C11H9NO2. The molecule has 0 heterocycles. The molecule has 0 fully saturated rings. The standard InChI is InChI=1S/C11H9NO2/c12-11(14)7-3-6-9-4-1-2-5-10(9)8-13/h1-2,4-5,8H,7H2,(H2,12,14). The Morgan fingerprint density at radius 3 is 2.79 bits per heavy atom. The molecule has 70 valence electrons. The number of carbonyl (C=O) groups excluding carboxylic acids is 2. The topological polar surface area (TPSA) is 60.2 Å². The van der Waals surface area contributed by atoms with Crippen LogP contribution in [0.25, 0.3) is 0 Å². The van der Waals surface area contributed by atoms with Gasteiger partial charge >= 0.3 is 0 Å². The molecule has 0 bridgehead atoms. The first-order chi connectivity index (χ1) is 6.74. The molecule has 0 aliphatic carbocycles. The fourth-order valence-electron chi connectivity index (χ4n) is 0.940. The van der Waals surface area contributed by atoms with Crippen LogP contribution in [0.15, 0.2) is 24.3 Å². The van der Waals surface area contributed by atoms with E-state index in [9.17, 15) is 9.59 Å². The molecule has 0 saturated carbocycles. The van der Waals surface area contributed by atoms with Gasteiger partial charge in [-0.05, 0) is 6.07 Å². The van der Waals surface area contributed by atoms with E-state index in [1.54, 1.807) is 24.3 Å². The molecule has 2 N–H and O–H groups in total. The molecule has 3 nitrogen and oxygen atoms in total. The highest BCUT2D eigenvalue weighted by Gasteiger charge is 1.95. The fourth-order valence-corrected chi connectivity index (χ4v) is 0.940. The van der Waals surface area contributed by atoms with Crippen molar-refractivity contribution in [2.45, 2.75) is 6.42 Å². The van der Waals surface area contributed by atoms with Crippen LogP contribution in [0.2, 0.25) is 0 Å². The Morgan fingerprint density at radius 1 is 1.43 bits per heavy atom. The van der Waals surface area contributed by atoms with Gasteiger partial charge in [-0.15, -0.1) is 0 Å². The lowest BCUT2D eigenvalue weighted by Gasteiger charge is -1.93. The molecule has 0 aliphatic rings. The van der Waals surface area contributed by atoms with Gasteiger partial charge in [0.05, 0.1) is 6.42 Å². The summed E-state index contributed by atoms with van der Waals surface area (Å²) in [6, 6.07) is 6.92. The minimum atomic E-state index is -0.471. The van der Waals surface area contributed by atoms with Gasteiger partial charge in [-0.1, -0.05) is 30.0 Å². The molecule has 1 aromatic carbocycles. The summed E-state index contributed by atoms with van der Waals surface area (Å²) in [6.45, 7) is 0. The van der Waals surface area contributed by atoms with Crippen molar-refractivity contribution in [1.82, 2.24) is 0 Å². The summed E-state index contributed by atoms with van der Waals surface area (Å²) in [5, 5.41) is 0. The number of benzene rings is 1. The highest BCUT2D eigenvalue weighted by atomic mass is 16.1. The lowest BCUT2D eigenvalue weighted by molar-refractivity contribution is -0.117. The summed E-state index contributed by atoms with van der Waals surface area (Å²) in [5.74, 6) is 4.83.